The molecule has 51 heavy (non-hydrogen) atoms. The van der Waals surface area contributed by atoms with Gasteiger partial charge in [0.2, 0.25) is 0 Å². The maximum absolute atomic E-state index is 2.39. The number of hydrogen-bond donors (Lipinski definition) is 0. The molecule has 0 saturated heterocycles. The summed E-state index contributed by atoms with van der Waals surface area (Å²) in [5.74, 6) is 0. The fourth-order valence-corrected chi connectivity index (χ4v) is 7.83. The van der Waals surface area contributed by atoms with Crippen LogP contribution in [0, 0.1) is 0 Å². The normalized spacial score (nSPS) is 11.5. The minimum absolute atomic E-state index is 1.11. The van der Waals surface area contributed by atoms with Gasteiger partial charge in [0, 0.05) is 17.1 Å². The molecule has 0 saturated carbocycles. The van der Waals surface area contributed by atoms with Gasteiger partial charge in [-0.3, -0.25) is 0 Å². The molecular formula is C50H33N. The van der Waals surface area contributed by atoms with Crippen LogP contribution in [-0.2, 0) is 0 Å². The van der Waals surface area contributed by atoms with E-state index in [0.29, 0.717) is 0 Å². The largest absolute Gasteiger partial charge is 0.310 e. The Morgan fingerprint density at radius 2 is 0.569 bits per heavy atom. The minimum atomic E-state index is 1.11. The summed E-state index contributed by atoms with van der Waals surface area (Å²) in [6, 6.07) is 73.1. The molecule has 10 aromatic carbocycles. The zero-order valence-corrected chi connectivity index (χ0v) is 28.0. The second kappa shape index (κ2) is 12.0. The maximum atomic E-state index is 2.39. The molecular weight excluding hydrogens is 615 g/mol. The van der Waals surface area contributed by atoms with Crippen LogP contribution >= 0.6 is 0 Å². The number of fused-ring (bicyclic) bond motifs is 8. The molecule has 1 heteroatoms. The lowest BCUT2D eigenvalue weighted by molar-refractivity contribution is 1.29. The predicted octanol–water partition coefficient (Wildman–Crippen LogP) is 14.3. The third kappa shape index (κ3) is 5.10. The smallest absolute Gasteiger partial charge is 0.0468 e. The Hall–Kier alpha value is -6.70. The highest BCUT2D eigenvalue weighted by atomic mass is 15.1. The fourth-order valence-electron chi connectivity index (χ4n) is 7.83. The summed E-state index contributed by atoms with van der Waals surface area (Å²) in [6.45, 7) is 0. The molecule has 10 rings (SSSR count). The molecule has 0 radical (unpaired) electrons. The Balaban J connectivity index is 1.12. The first-order valence-corrected chi connectivity index (χ1v) is 17.6. The third-order valence-corrected chi connectivity index (χ3v) is 10.4. The van der Waals surface area contributed by atoms with E-state index in [2.05, 4.69) is 205 Å². The summed E-state index contributed by atoms with van der Waals surface area (Å²) in [5, 5.41) is 12.7. The fraction of sp³-hybridized carbons (Fsp3) is 0. The van der Waals surface area contributed by atoms with Crippen LogP contribution in [-0.4, -0.2) is 0 Å². The molecule has 0 N–H and O–H groups in total. The Morgan fingerprint density at radius 1 is 0.216 bits per heavy atom. The molecule has 0 fully saturated rings. The van der Waals surface area contributed by atoms with Gasteiger partial charge in [0.1, 0.15) is 0 Å². The van der Waals surface area contributed by atoms with Crippen molar-refractivity contribution in [2.75, 3.05) is 4.90 Å². The van der Waals surface area contributed by atoms with E-state index in [-0.39, 0.29) is 0 Å². The topological polar surface area (TPSA) is 3.24 Å². The first-order chi connectivity index (χ1) is 25.3. The average Bonchev–Trinajstić information content (AvgIpc) is 3.21. The zero-order valence-electron chi connectivity index (χ0n) is 28.0. The lowest BCUT2D eigenvalue weighted by Gasteiger charge is -2.27. The van der Waals surface area contributed by atoms with Gasteiger partial charge in [-0.05, 0) is 125 Å². The van der Waals surface area contributed by atoms with Crippen molar-refractivity contribution < 1.29 is 0 Å². The van der Waals surface area contributed by atoms with Crippen molar-refractivity contribution >= 4 is 70.9 Å². The molecule has 10 aromatic rings. The van der Waals surface area contributed by atoms with Crippen LogP contribution in [0.15, 0.2) is 200 Å². The van der Waals surface area contributed by atoms with E-state index in [9.17, 15) is 0 Å². The van der Waals surface area contributed by atoms with Crippen LogP contribution in [0.5, 0.6) is 0 Å². The molecule has 1 nitrogen and oxygen atoms in total. The highest BCUT2D eigenvalue weighted by molar-refractivity contribution is 6.25. The van der Waals surface area contributed by atoms with Gasteiger partial charge in [0.15, 0.2) is 0 Å². The van der Waals surface area contributed by atoms with Gasteiger partial charge in [-0.25, -0.2) is 0 Å². The van der Waals surface area contributed by atoms with Gasteiger partial charge < -0.3 is 4.90 Å². The molecule has 0 unspecified atom stereocenters. The quantitative estimate of drug-likeness (QED) is 0.168. The molecule has 0 bridgehead atoms. The van der Waals surface area contributed by atoms with Crippen molar-refractivity contribution in [3.05, 3.63) is 200 Å². The second-order valence-corrected chi connectivity index (χ2v) is 13.4. The van der Waals surface area contributed by atoms with Crippen molar-refractivity contribution in [3.63, 3.8) is 0 Å². The number of benzene rings is 10. The number of rotatable bonds is 5. The van der Waals surface area contributed by atoms with E-state index in [1.807, 2.05) is 0 Å². The highest BCUT2D eigenvalue weighted by Crippen LogP contribution is 2.42. The monoisotopic (exact) mass is 647 g/mol. The summed E-state index contributed by atoms with van der Waals surface area (Å²) in [7, 11) is 0. The summed E-state index contributed by atoms with van der Waals surface area (Å²) in [4.78, 5) is 2.39. The van der Waals surface area contributed by atoms with Crippen LogP contribution in [0.2, 0.25) is 0 Å². The van der Waals surface area contributed by atoms with Crippen LogP contribution in [0.25, 0.3) is 76.1 Å². The summed E-state index contributed by atoms with van der Waals surface area (Å²) in [6.07, 6.45) is 0. The number of anilines is 3. The van der Waals surface area contributed by atoms with E-state index in [1.165, 1.54) is 76.1 Å². The Morgan fingerprint density at radius 3 is 1.04 bits per heavy atom. The lowest BCUT2D eigenvalue weighted by atomic mass is 9.94. The van der Waals surface area contributed by atoms with Crippen LogP contribution < -0.4 is 4.90 Å². The van der Waals surface area contributed by atoms with Crippen molar-refractivity contribution in [1.82, 2.24) is 0 Å². The van der Waals surface area contributed by atoms with Gasteiger partial charge >= 0.3 is 0 Å². The predicted molar refractivity (Wildman–Crippen MR) is 220 cm³/mol. The van der Waals surface area contributed by atoms with Crippen LogP contribution in [0.3, 0.4) is 0 Å². The van der Waals surface area contributed by atoms with E-state index >= 15 is 0 Å². The maximum Gasteiger partial charge on any atom is 0.0468 e. The molecule has 0 aromatic heterocycles. The van der Waals surface area contributed by atoms with E-state index < -0.39 is 0 Å². The standard InChI is InChI=1S/C50H33N/c1-3-11-38-31-40(19-17-34(38)9-1)36-21-25-42(26-22-36)51(43-27-23-37(24-28-43)41-20-18-35-10-2-4-12-39(35)32-41)44-29-30-49-47-15-6-5-13-45(47)46-14-7-8-16-48(46)50(49)33-44/h1-33H. The highest BCUT2D eigenvalue weighted by Gasteiger charge is 2.16. The Kier molecular flexibility index (Phi) is 6.89. The molecule has 0 amide bonds. The van der Waals surface area contributed by atoms with Crippen molar-refractivity contribution in [2.24, 2.45) is 0 Å². The first-order valence-electron chi connectivity index (χ1n) is 17.6. The first kappa shape index (κ1) is 29.2. The number of hydrogen-bond acceptors (Lipinski definition) is 1. The second-order valence-electron chi connectivity index (χ2n) is 13.4. The van der Waals surface area contributed by atoms with Gasteiger partial charge in [-0.2, -0.15) is 0 Å². The molecule has 0 heterocycles. The molecule has 0 atom stereocenters. The molecule has 238 valence electrons. The van der Waals surface area contributed by atoms with Crippen LogP contribution in [0.1, 0.15) is 0 Å². The molecule has 0 spiro atoms. The van der Waals surface area contributed by atoms with Gasteiger partial charge in [-0.15, -0.1) is 0 Å². The Labute approximate surface area is 297 Å². The number of nitrogens with zero attached hydrogens (tertiary/aromatic N) is 1. The van der Waals surface area contributed by atoms with Crippen LogP contribution in [0.4, 0.5) is 17.1 Å². The Bertz CT molecular complexity index is 2740. The van der Waals surface area contributed by atoms with E-state index in [4.69, 9.17) is 0 Å². The average molecular weight is 648 g/mol. The SMILES string of the molecule is c1ccc2cc(-c3ccc(N(c4ccc(-c5ccc6ccccc6c5)cc4)c4ccc5c6ccccc6c6ccccc6c5c4)cc3)ccc2c1. The van der Waals surface area contributed by atoms with E-state index in [0.717, 1.165) is 17.1 Å². The van der Waals surface area contributed by atoms with Crippen molar-refractivity contribution in [3.8, 4) is 22.3 Å². The summed E-state index contributed by atoms with van der Waals surface area (Å²) < 4.78 is 0. The molecule has 0 aliphatic rings. The van der Waals surface area contributed by atoms with Gasteiger partial charge in [-0.1, -0.05) is 152 Å². The van der Waals surface area contributed by atoms with Gasteiger partial charge in [0.25, 0.3) is 0 Å². The zero-order chi connectivity index (χ0) is 33.7. The van der Waals surface area contributed by atoms with Crippen molar-refractivity contribution in [2.45, 2.75) is 0 Å². The molecule has 0 aliphatic heterocycles. The van der Waals surface area contributed by atoms with E-state index in [1.54, 1.807) is 0 Å². The summed E-state index contributed by atoms with van der Waals surface area (Å²) >= 11 is 0. The van der Waals surface area contributed by atoms with Gasteiger partial charge in [0.05, 0.1) is 0 Å². The van der Waals surface area contributed by atoms with Crippen molar-refractivity contribution in [1.29, 1.82) is 0 Å². The minimum Gasteiger partial charge on any atom is -0.310 e. The molecule has 0 aliphatic carbocycles. The lowest BCUT2D eigenvalue weighted by Crippen LogP contribution is -2.10. The third-order valence-electron chi connectivity index (χ3n) is 10.4. The summed E-state index contributed by atoms with van der Waals surface area (Å²) in [5.41, 5.74) is 8.19.